The Balaban J connectivity index is 1.73. The Morgan fingerprint density at radius 2 is 1.93 bits per heavy atom. The molecule has 0 aromatic heterocycles. The van der Waals surface area contributed by atoms with Crippen LogP contribution >= 0.6 is 11.6 Å². The quantitative estimate of drug-likeness (QED) is 0.671. The molecule has 1 fully saturated rings. The number of sulfonamides is 1. The minimum Gasteiger partial charge on any atom is -0.382 e. The third-order valence-electron chi connectivity index (χ3n) is 4.80. The van der Waals surface area contributed by atoms with Crippen LogP contribution < -0.4 is 10.6 Å². The Hall–Kier alpha value is -2.16. The highest BCUT2D eigenvalue weighted by Gasteiger charge is 2.44. The monoisotopic (exact) mass is 453 g/mol. The number of anilines is 1. The maximum absolute atomic E-state index is 14.1. The normalized spacial score (nSPS) is 19.8. The van der Waals surface area contributed by atoms with Crippen LogP contribution in [0.5, 0.6) is 0 Å². The van der Waals surface area contributed by atoms with Crippen LogP contribution in [-0.4, -0.2) is 43.4 Å². The first-order valence-electron chi connectivity index (χ1n) is 9.72. The highest BCUT2D eigenvalue weighted by molar-refractivity contribution is 7.89. The van der Waals surface area contributed by atoms with Gasteiger partial charge in [-0.1, -0.05) is 35.9 Å². The molecule has 1 saturated heterocycles. The van der Waals surface area contributed by atoms with Crippen molar-refractivity contribution in [2.75, 3.05) is 11.9 Å². The van der Waals surface area contributed by atoms with Gasteiger partial charge < -0.3 is 10.6 Å². The maximum atomic E-state index is 14.1. The van der Waals surface area contributed by atoms with E-state index in [2.05, 4.69) is 10.6 Å². The summed E-state index contributed by atoms with van der Waals surface area (Å²) in [4.78, 5) is 12.8. The van der Waals surface area contributed by atoms with Crippen LogP contribution in [0, 0.1) is 0 Å². The number of alkyl halides is 1. The Labute approximate surface area is 181 Å². The first-order valence-corrected chi connectivity index (χ1v) is 11.5. The third kappa shape index (κ3) is 5.11. The molecule has 6 nitrogen and oxygen atoms in total. The van der Waals surface area contributed by atoms with Gasteiger partial charge in [0.25, 0.3) is 0 Å². The molecule has 0 unspecified atom stereocenters. The van der Waals surface area contributed by atoms with E-state index in [9.17, 15) is 17.6 Å². The molecular weight excluding hydrogens is 429 g/mol. The van der Waals surface area contributed by atoms with Gasteiger partial charge in [-0.2, -0.15) is 4.31 Å². The number of carbonyl (C=O) groups excluding carboxylic acids is 1. The van der Waals surface area contributed by atoms with E-state index < -0.39 is 28.1 Å². The Kier molecular flexibility index (Phi) is 7.00. The summed E-state index contributed by atoms with van der Waals surface area (Å²) < 4.78 is 40.9. The number of halogens is 2. The van der Waals surface area contributed by atoms with Crippen molar-refractivity contribution in [3.05, 3.63) is 59.1 Å². The molecular formula is C21H25ClFN3O3S. The van der Waals surface area contributed by atoms with Crippen molar-refractivity contribution >= 4 is 33.2 Å². The Morgan fingerprint density at radius 1 is 1.23 bits per heavy atom. The first-order chi connectivity index (χ1) is 14.2. The molecule has 162 valence electrons. The van der Waals surface area contributed by atoms with Crippen LogP contribution in [0.3, 0.4) is 0 Å². The number of rotatable bonds is 7. The Bertz CT molecular complexity index is 1000. The van der Waals surface area contributed by atoms with Crippen LogP contribution in [0.4, 0.5) is 10.1 Å². The van der Waals surface area contributed by atoms with Gasteiger partial charge in [-0.05, 0) is 43.7 Å². The lowest BCUT2D eigenvalue weighted by Gasteiger charge is -2.23. The molecule has 1 amide bonds. The van der Waals surface area contributed by atoms with Gasteiger partial charge in [0.1, 0.15) is 12.2 Å². The molecule has 0 spiro atoms. The number of benzene rings is 2. The van der Waals surface area contributed by atoms with Crippen molar-refractivity contribution in [1.82, 2.24) is 9.62 Å². The third-order valence-corrected chi connectivity index (χ3v) is 7.02. The molecule has 2 aromatic rings. The van der Waals surface area contributed by atoms with Crippen molar-refractivity contribution in [2.45, 2.75) is 50.0 Å². The molecule has 1 aliphatic heterocycles. The second-order valence-electron chi connectivity index (χ2n) is 7.57. The van der Waals surface area contributed by atoms with Crippen LogP contribution in [0.1, 0.15) is 25.8 Å². The smallest absolute Gasteiger partial charge is 0.243 e. The lowest BCUT2D eigenvalue weighted by atomic mass is 10.1. The van der Waals surface area contributed by atoms with E-state index in [0.717, 1.165) is 15.6 Å². The maximum Gasteiger partial charge on any atom is 0.243 e. The summed E-state index contributed by atoms with van der Waals surface area (Å²) in [5.41, 5.74) is 1.54. The van der Waals surface area contributed by atoms with Crippen LogP contribution in [0.15, 0.2) is 53.4 Å². The van der Waals surface area contributed by atoms with Crippen molar-refractivity contribution in [3.63, 3.8) is 0 Å². The van der Waals surface area contributed by atoms with Gasteiger partial charge in [0.05, 0.1) is 15.6 Å². The van der Waals surface area contributed by atoms with E-state index in [1.807, 2.05) is 19.9 Å². The minimum absolute atomic E-state index is 0.0407. The fourth-order valence-corrected chi connectivity index (χ4v) is 5.22. The lowest BCUT2D eigenvalue weighted by Crippen LogP contribution is -2.45. The number of nitrogens with zero attached hydrogens (tertiary/aromatic N) is 1. The van der Waals surface area contributed by atoms with E-state index in [1.54, 1.807) is 30.3 Å². The average molecular weight is 454 g/mol. The van der Waals surface area contributed by atoms with E-state index in [0.29, 0.717) is 5.02 Å². The molecule has 2 N–H and O–H groups in total. The molecule has 1 aliphatic rings. The highest BCUT2D eigenvalue weighted by atomic mass is 35.5. The zero-order valence-electron chi connectivity index (χ0n) is 16.8. The molecule has 9 heteroatoms. The Morgan fingerprint density at radius 3 is 2.60 bits per heavy atom. The first kappa shape index (κ1) is 22.5. The van der Waals surface area contributed by atoms with E-state index in [1.165, 1.54) is 12.1 Å². The number of amides is 1. The molecule has 0 aliphatic carbocycles. The summed E-state index contributed by atoms with van der Waals surface area (Å²) in [6.45, 7) is 3.81. The minimum atomic E-state index is -3.97. The standard InChI is InChI=1S/C21H25ClFN3O3S/c1-14(2)25-19-10-15(8-9-18(19)22)12-24-21(27)20-11-16(23)13-26(20)30(28,29)17-6-4-3-5-7-17/h3-10,14,16,20,25H,11-13H2,1-2H3,(H,24,27)/t16-,20+/m1/s1. The van der Waals surface area contributed by atoms with Crippen LogP contribution in [0.2, 0.25) is 5.02 Å². The van der Waals surface area contributed by atoms with Crippen molar-refractivity contribution in [3.8, 4) is 0 Å². The number of nitrogens with one attached hydrogen (secondary N) is 2. The van der Waals surface area contributed by atoms with Gasteiger partial charge in [0.2, 0.25) is 15.9 Å². The lowest BCUT2D eigenvalue weighted by molar-refractivity contribution is -0.124. The second-order valence-corrected chi connectivity index (χ2v) is 9.87. The van der Waals surface area contributed by atoms with Crippen molar-refractivity contribution in [2.24, 2.45) is 0 Å². The van der Waals surface area contributed by atoms with E-state index >= 15 is 0 Å². The fourth-order valence-electron chi connectivity index (χ4n) is 3.40. The predicted octanol–water partition coefficient (Wildman–Crippen LogP) is 3.58. The van der Waals surface area contributed by atoms with Gasteiger partial charge >= 0.3 is 0 Å². The summed E-state index contributed by atoms with van der Waals surface area (Å²) in [7, 11) is -3.97. The van der Waals surface area contributed by atoms with E-state index in [-0.39, 0.29) is 30.4 Å². The van der Waals surface area contributed by atoms with Crippen LogP contribution in [0.25, 0.3) is 0 Å². The second kappa shape index (κ2) is 9.32. The molecule has 0 bridgehead atoms. The van der Waals surface area contributed by atoms with Gasteiger partial charge in [0, 0.05) is 25.6 Å². The van der Waals surface area contributed by atoms with Crippen LogP contribution in [-0.2, 0) is 21.4 Å². The highest BCUT2D eigenvalue weighted by Crippen LogP contribution is 2.28. The number of hydrogen-bond donors (Lipinski definition) is 2. The summed E-state index contributed by atoms with van der Waals surface area (Å²) in [5, 5.41) is 6.52. The molecule has 3 rings (SSSR count). The van der Waals surface area contributed by atoms with Crippen molar-refractivity contribution < 1.29 is 17.6 Å². The van der Waals surface area contributed by atoms with Gasteiger partial charge in [0.15, 0.2) is 0 Å². The van der Waals surface area contributed by atoms with E-state index in [4.69, 9.17) is 11.6 Å². The molecule has 0 radical (unpaired) electrons. The molecule has 0 saturated carbocycles. The average Bonchev–Trinajstić information content (AvgIpc) is 3.11. The molecule has 2 atom stereocenters. The zero-order valence-corrected chi connectivity index (χ0v) is 18.4. The zero-order chi connectivity index (χ0) is 21.9. The number of hydrogen-bond acceptors (Lipinski definition) is 4. The SMILES string of the molecule is CC(C)Nc1cc(CNC(=O)[C@@H]2C[C@@H](F)CN2S(=O)(=O)c2ccccc2)ccc1Cl. The molecule has 1 heterocycles. The molecule has 2 aromatic carbocycles. The largest absolute Gasteiger partial charge is 0.382 e. The topological polar surface area (TPSA) is 78.5 Å². The summed E-state index contributed by atoms with van der Waals surface area (Å²) in [6.07, 6.45) is -1.56. The number of carbonyl (C=O) groups is 1. The van der Waals surface area contributed by atoms with Gasteiger partial charge in [-0.15, -0.1) is 0 Å². The van der Waals surface area contributed by atoms with Gasteiger partial charge in [-0.25, -0.2) is 12.8 Å². The van der Waals surface area contributed by atoms with Gasteiger partial charge in [-0.3, -0.25) is 4.79 Å². The predicted molar refractivity (Wildman–Crippen MR) is 116 cm³/mol. The summed E-state index contributed by atoms with van der Waals surface area (Å²) in [5.74, 6) is -0.525. The molecule has 30 heavy (non-hydrogen) atoms. The van der Waals surface area contributed by atoms with Crippen molar-refractivity contribution in [1.29, 1.82) is 0 Å². The summed E-state index contributed by atoms with van der Waals surface area (Å²) in [6, 6.07) is 12.2. The fraction of sp³-hybridized carbons (Fsp3) is 0.381. The summed E-state index contributed by atoms with van der Waals surface area (Å²) >= 11 is 6.19.